The minimum atomic E-state index is 0. The van der Waals surface area contributed by atoms with Crippen LogP contribution >= 0.6 is 0 Å². The molecule has 4 aliphatic rings. The number of benzene rings is 1. The molecule has 2 aromatic rings. The van der Waals surface area contributed by atoms with E-state index in [1.807, 2.05) is 58.0 Å². The molecule has 0 spiro atoms. The van der Waals surface area contributed by atoms with Gasteiger partial charge in [-0.1, -0.05) is 20.1 Å². The number of aromatic nitrogens is 2. The lowest BCUT2D eigenvalue weighted by Crippen LogP contribution is -2.27. The van der Waals surface area contributed by atoms with Crippen LogP contribution in [0.3, 0.4) is 0 Å². The number of hydrogen-bond acceptors (Lipinski definition) is 8. The third kappa shape index (κ3) is 10.8. The molecular weight excluding hydrogens is 486 g/mol. The van der Waals surface area contributed by atoms with Crippen LogP contribution in [0, 0.1) is 5.92 Å². The standard InChI is InChI=1S/C8H9N3.C8H12N2.C7H14N2.C6H10N2.CH4/c1-9-7-3-2-6-5-10-11-8(6)4-7;1-10-3-2-7-4-9-5-8(7)6-10;1-6-3-7(4-8-2)5-9-6;1-7-4-6-2-3-8-5-6;/h2-5,9H,1H3,(H,10,11);5H,2-4,6H2,1H3;7-9H,1,3-5H2,2H3;2,5,7H,3-4H2,1H3;1H4. The maximum absolute atomic E-state index is 4.24. The summed E-state index contributed by atoms with van der Waals surface area (Å²) in [6, 6.07) is 6.09. The highest BCUT2D eigenvalue weighted by molar-refractivity contribution is 5.83. The van der Waals surface area contributed by atoms with Crippen molar-refractivity contribution in [3.8, 4) is 0 Å². The van der Waals surface area contributed by atoms with Gasteiger partial charge in [0, 0.05) is 62.4 Å². The maximum atomic E-state index is 4.24. The Morgan fingerprint density at radius 2 is 1.97 bits per heavy atom. The summed E-state index contributed by atoms with van der Waals surface area (Å²) < 4.78 is 0. The van der Waals surface area contributed by atoms with Gasteiger partial charge in [0.15, 0.2) is 0 Å². The number of anilines is 1. The van der Waals surface area contributed by atoms with E-state index in [1.165, 1.54) is 29.8 Å². The van der Waals surface area contributed by atoms with E-state index in [4.69, 9.17) is 0 Å². The van der Waals surface area contributed by atoms with Gasteiger partial charge in [-0.05, 0) is 81.4 Å². The molecule has 6 rings (SSSR count). The van der Waals surface area contributed by atoms with Crippen molar-refractivity contribution in [3.63, 3.8) is 0 Å². The Morgan fingerprint density at radius 3 is 2.64 bits per heavy atom. The Kier molecular flexibility index (Phi) is 14.2. The highest BCUT2D eigenvalue weighted by Gasteiger charge is 2.17. The van der Waals surface area contributed by atoms with Crippen LogP contribution < -0.4 is 21.3 Å². The first kappa shape index (κ1) is 31.9. The number of hydrogen-bond donors (Lipinski definition) is 5. The minimum Gasteiger partial charge on any atom is -0.388 e. The van der Waals surface area contributed by atoms with Crippen LogP contribution in [0.4, 0.5) is 5.69 Å². The zero-order valence-corrected chi connectivity index (χ0v) is 23.5. The molecule has 0 amide bonds. The third-order valence-electron chi connectivity index (χ3n) is 6.72. The fourth-order valence-electron chi connectivity index (χ4n) is 4.57. The van der Waals surface area contributed by atoms with Crippen LogP contribution in [0.5, 0.6) is 0 Å². The smallest absolute Gasteiger partial charge is 0.0670 e. The summed E-state index contributed by atoms with van der Waals surface area (Å²) in [5.74, 6) is 0.766. The summed E-state index contributed by atoms with van der Waals surface area (Å²) in [6.07, 6.45) is 10.2. The summed E-state index contributed by atoms with van der Waals surface area (Å²) in [4.78, 5) is 10.6. The number of rotatable bonds is 5. The summed E-state index contributed by atoms with van der Waals surface area (Å²) in [5, 5.41) is 20.5. The highest BCUT2D eigenvalue weighted by Crippen LogP contribution is 2.19. The van der Waals surface area contributed by atoms with E-state index in [9.17, 15) is 0 Å². The summed E-state index contributed by atoms with van der Waals surface area (Å²) in [5.41, 5.74) is 7.69. The number of fused-ring (bicyclic) bond motifs is 1. The number of H-pyrrole nitrogens is 1. The predicted molar refractivity (Wildman–Crippen MR) is 169 cm³/mol. The van der Waals surface area contributed by atoms with Crippen LogP contribution in [0.25, 0.3) is 10.9 Å². The Labute approximate surface area is 235 Å². The Morgan fingerprint density at radius 1 is 1.13 bits per heavy atom. The second-order valence-corrected chi connectivity index (χ2v) is 9.92. The third-order valence-corrected chi connectivity index (χ3v) is 6.72. The van der Waals surface area contributed by atoms with Gasteiger partial charge in [-0.3, -0.25) is 15.1 Å². The molecule has 0 radical (unpaired) electrons. The predicted octanol–water partition coefficient (Wildman–Crippen LogP) is 3.49. The van der Waals surface area contributed by atoms with Gasteiger partial charge < -0.3 is 26.2 Å². The van der Waals surface area contributed by atoms with Gasteiger partial charge in [-0.15, -0.1) is 0 Å². The van der Waals surface area contributed by atoms with Gasteiger partial charge in [0.1, 0.15) is 0 Å². The molecule has 5 heterocycles. The number of allylic oxidation sites excluding steroid dienone is 1. The number of nitrogens with one attached hydrogen (secondary N) is 5. The topological polar surface area (TPSA) is 105 Å². The first-order valence-corrected chi connectivity index (χ1v) is 13.4. The van der Waals surface area contributed by atoms with E-state index in [0.717, 1.165) is 68.2 Å². The van der Waals surface area contributed by atoms with E-state index in [-0.39, 0.29) is 7.43 Å². The Bertz CT molecular complexity index is 1140. The van der Waals surface area contributed by atoms with E-state index >= 15 is 0 Å². The minimum absolute atomic E-state index is 0. The van der Waals surface area contributed by atoms with Gasteiger partial charge >= 0.3 is 0 Å². The highest BCUT2D eigenvalue weighted by atomic mass is 15.1. The fourth-order valence-corrected chi connectivity index (χ4v) is 4.57. The van der Waals surface area contributed by atoms with Gasteiger partial charge in [0.25, 0.3) is 0 Å². The zero-order chi connectivity index (χ0) is 27.2. The van der Waals surface area contributed by atoms with Crippen molar-refractivity contribution in [1.29, 1.82) is 0 Å². The lowest BCUT2D eigenvalue weighted by atomic mass is 10.0. The van der Waals surface area contributed by atoms with E-state index in [0.29, 0.717) is 0 Å². The summed E-state index contributed by atoms with van der Waals surface area (Å²) in [7, 11) is 7.99. The zero-order valence-electron chi connectivity index (χ0n) is 23.5. The Balaban J connectivity index is 0.000000182. The quantitative estimate of drug-likeness (QED) is 0.402. The number of likely N-dealkylation sites (N-methyl/N-ethyl adjacent to an activating group) is 2. The molecule has 1 fully saturated rings. The molecule has 1 atom stereocenters. The molecule has 0 saturated carbocycles. The molecule has 1 saturated heterocycles. The lowest BCUT2D eigenvalue weighted by molar-refractivity contribution is 0.355. The van der Waals surface area contributed by atoms with Crippen molar-refractivity contribution in [1.82, 2.24) is 31.0 Å². The molecule has 0 bridgehead atoms. The molecule has 214 valence electrons. The van der Waals surface area contributed by atoms with Crippen LogP contribution in [-0.2, 0) is 0 Å². The van der Waals surface area contributed by atoms with E-state index in [2.05, 4.69) is 66.1 Å². The molecule has 1 aromatic carbocycles. The molecular formula is C30H49N9. The summed E-state index contributed by atoms with van der Waals surface area (Å²) >= 11 is 0. The van der Waals surface area contributed by atoms with Crippen LogP contribution in [-0.4, -0.2) is 102 Å². The molecule has 4 aliphatic heterocycles. The molecule has 39 heavy (non-hydrogen) atoms. The van der Waals surface area contributed by atoms with Crippen molar-refractivity contribution >= 4 is 29.0 Å². The number of nitrogens with zero attached hydrogens (tertiary/aromatic N) is 4. The average molecular weight is 536 g/mol. The molecule has 1 unspecified atom stereocenters. The monoisotopic (exact) mass is 535 g/mol. The van der Waals surface area contributed by atoms with Crippen molar-refractivity contribution in [3.05, 3.63) is 59.5 Å². The fraction of sp³-hybridized carbons (Fsp3) is 0.500. The number of aliphatic imine (C=N–C) groups is 2. The van der Waals surface area contributed by atoms with Crippen LogP contribution in [0.2, 0.25) is 0 Å². The van der Waals surface area contributed by atoms with Gasteiger partial charge in [0.2, 0.25) is 0 Å². The largest absolute Gasteiger partial charge is 0.388 e. The average Bonchev–Trinajstić information content (AvgIpc) is 3.73. The number of aromatic amines is 1. The first-order valence-electron chi connectivity index (χ1n) is 13.4. The molecule has 1 aromatic heterocycles. The molecule has 9 heteroatoms. The molecule has 5 N–H and O–H groups in total. The lowest BCUT2D eigenvalue weighted by Gasteiger charge is -2.22. The van der Waals surface area contributed by atoms with Crippen molar-refractivity contribution in [2.75, 3.05) is 79.3 Å². The Hall–Kier alpha value is -3.27. The first-order chi connectivity index (χ1) is 18.5. The van der Waals surface area contributed by atoms with Crippen molar-refractivity contribution in [2.45, 2.75) is 20.3 Å². The second-order valence-electron chi connectivity index (χ2n) is 9.92. The van der Waals surface area contributed by atoms with Crippen LogP contribution in [0.15, 0.2) is 69.5 Å². The molecule has 9 nitrogen and oxygen atoms in total. The van der Waals surface area contributed by atoms with Crippen molar-refractivity contribution < 1.29 is 0 Å². The van der Waals surface area contributed by atoms with Gasteiger partial charge in [-0.2, -0.15) is 5.10 Å². The second kappa shape index (κ2) is 17.3. The van der Waals surface area contributed by atoms with E-state index < -0.39 is 0 Å². The maximum Gasteiger partial charge on any atom is 0.0670 e. The van der Waals surface area contributed by atoms with E-state index in [1.54, 1.807) is 5.57 Å². The van der Waals surface area contributed by atoms with Gasteiger partial charge in [-0.25, -0.2) is 0 Å². The SMILES string of the molecule is C.C=C1CC(CNC)CN1.CN1CCC2=C(C=NC2)C1.CNCC1=CCN=C1.CNc1ccc2cn[nH]c2c1. The van der Waals surface area contributed by atoms with Gasteiger partial charge in [0.05, 0.1) is 24.8 Å². The summed E-state index contributed by atoms with van der Waals surface area (Å²) in [6.45, 7) is 11.2. The van der Waals surface area contributed by atoms with Crippen molar-refractivity contribution in [2.24, 2.45) is 15.9 Å². The molecule has 0 aliphatic carbocycles. The van der Waals surface area contributed by atoms with Crippen LogP contribution in [0.1, 0.15) is 20.3 Å². The normalized spacial score (nSPS) is 19.0.